The summed E-state index contributed by atoms with van der Waals surface area (Å²) in [5.74, 6) is -0.189. The standard InChI is InChI=1S/C17H16ClN5O4S/c18-17-21-13(19-5-8-2-1-3-9(4-8)16(26)27)11-14(22-17)23(7-20-11)15-12(25)10(24)6-28-15/h1-4,7,10,12,15,24-25H,5-6H2,(H,26,27)(H,19,21,22)/t10-,12-,15+/m0/s1. The van der Waals surface area contributed by atoms with E-state index in [1.54, 1.807) is 22.8 Å². The molecule has 0 unspecified atom stereocenters. The Bertz CT molecular complexity index is 1050. The minimum Gasteiger partial charge on any atom is -0.478 e. The van der Waals surface area contributed by atoms with Crippen LogP contribution in [0.3, 0.4) is 0 Å². The van der Waals surface area contributed by atoms with E-state index in [-0.39, 0.29) is 10.8 Å². The maximum Gasteiger partial charge on any atom is 0.335 e. The Labute approximate surface area is 168 Å². The van der Waals surface area contributed by atoms with Crippen molar-refractivity contribution >= 4 is 46.3 Å². The number of nitrogens with one attached hydrogen (secondary N) is 1. The number of nitrogens with zero attached hydrogens (tertiary/aromatic N) is 4. The van der Waals surface area contributed by atoms with Crippen molar-refractivity contribution in [1.82, 2.24) is 19.5 Å². The Balaban J connectivity index is 1.63. The average molecular weight is 422 g/mol. The largest absolute Gasteiger partial charge is 0.478 e. The van der Waals surface area contributed by atoms with Crippen LogP contribution in [0.25, 0.3) is 11.2 Å². The van der Waals surface area contributed by atoms with E-state index in [0.717, 1.165) is 5.56 Å². The number of hydrogen-bond acceptors (Lipinski definition) is 8. The molecule has 0 amide bonds. The number of carbonyl (C=O) groups is 1. The molecule has 0 radical (unpaired) electrons. The summed E-state index contributed by atoms with van der Waals surface area (Å²) in [6, 6.07) is 6.56. The van der Waals surface area contributed by atoms with Crippen molar-refractivity contribution in [1.29, 1.82) is 0 Å². The SMILES string of the molecule is O=C(O)c1cccc(CNc2nc(Cl)nc3c2ncn3[C@@H]2SC[C@H](O)[C@@H]2O)c1. The number of aromatic carboxylic acids is 1. The van der Waals surface area contributed by atoms with E-state index in [2.05, 4.69) is 20.3 Å². The first kappa shape index (κ1) is 18.9. The van der Waals surface area contributed by atoms with Crippen LogP contribution >= 0.6 is 23.4 Å². The number of fused-ring (bicyclic) bond motifs is 1. The summed E-state index contributed by atoms with van der Waals surface area (Å²) in [6.45, 7) is 0.315. The van der Waals surface area contributed by atoms with Gasteiger partial charge in [-0.3, -0.25) is 4.57 Å². The second kappa shape index (κ2) is 7.55. The summed E-state index contributed by atoms with van der Waals surface area (Å²) in [7, 11) is 0. The zero-order chi connectivity index (χ0) is 19.8. The van der Waals surface area contributed by atoms with Gasteiger partial charge in [0, 0.05) is 12.3 Å². The molecular formula is C17H16ClN5O4S. The third-order valence-electron chi connectivity index (χ3n) is 4.43. The molecule has 3 atom stereocenters. The molecule has 1 fully saturated rings. The quantitative estimate of drug-likeness (QED) is 0.454. The number of benzene rings is 1. The summed E-state index contributed by atoms with van der Waals surface area (Å²) in [4.78, 5) is 23.9. The number of aliphatic hydroxyl groups excluding tert-OH is 2. The number of carboxylic acids is 1. The fraction of sp³-hybridized carbons (Fsp3) is 0.294. The van der Waals surface area contributed by atoms with E-state index in [0.29, 0.717) is 29.3 Å². The zero-order valence-corrected chi connectivity index (χ0v) is 15.9. The van der Waals surface area contributed by atoms with Gasteiger partial charge in [0.2, 0.25) is 5.28 Å². The highest BCUT2D eigenvalue weighted by molar-refractivity contribution is 7.99. The van der Waals surface area contributed by atoms with Crippen LogP contribution in [-0.2, 0) is 6.54 Å². The number of aliphatic hydroxyl groups is 2. The number of halogens is 1. The van der Waals surface area contributed by atoms with Gasteiger partial charge in [0.15, 0.2) is 17.0 Å². The lowest BCUT2D eigenvalue weighted by molar-refractivity contribution is 0.0313. The van der Waals surface area contributed by atoms with Crippen LogP contribution in [0, 0.1) is 0 Å². The lowest BCUT2D eigenvalue weighted by atomic mass is 10.1. The highest BCUT2D eigenvalue weighted by Crippen LogP contribution is 2.38. The number of hydrogen-bond donors (Lipinski definition) is 4. The first-order chi connectivity index (χ1) is 13.4. The molecule has 2 aromatic heterocycles. The Hall–Kier alpha value is -2.40. The summed E-state index contributed by atoms with van der Waals surface area (Å²) in [6.07, 6.45) is -0.222. The van der Waals surface area contributed by atoms with Crippen LogP contribution in [0.4, 0.5) is 5.82 Å². The minimum atomic E-state index is -0.997. The predicted octanol–water partition coefficient (Wildman–Crippen LogP) is 1.76. The number of imidazole rings is 1. The van der Waals surface area contributed by atoms with Gasteiger partial charge in [-0.25, -0.2) is 9.78 Å². The number of anilines is 1. The lowest BCUT2D eigenvalue weighted by Gasteiger charge is -2.17. The van der Waals surface area contributed by atoms with Crippen LogP contribution in [0.1, 0.15) is 21.3 Å². The van der Waals surface area contributed by atoms with E-state index in [1.807, 2.05) is 0 Å². The molecule has 4 rings (SSSR count). The Morgan fingerprint density at radius 1 is 1.36 bits per heavy atom. The first-order valence-electron chi connectivity index (χ1n) is 8.38. The molecule has 0 bridgehead atoms. The minimum absolute atomic E-state index is 0.00840. The van der Waals surface area contributed by atoms with Gasteiger partial charge in [0.25, 0.3) is 0 Å². The highest BCUT2D eigenvalue weighted by atomic mass is 35.5. The summed E-state index contributed by atoms with van der Waals surface area (Å²) in [5.41, 5.74) is 1.85. The smallest absolute Gasteiger partial charge is 0.335 e. The second-order valence-electron chi connectivity index (χ2n) is 6.31. The van der Waals surface area contributed by atoms with Crippen LogP contribution in [0.15, 0.2) is 30.6 Å². The molecule has 28 heavy (non-hydrogen) atoms. The Kier molecular flexibility index (Phi) is 5.11. The first-order valence-corrected chi connectivity index (χ1v) is 9.80. The van der Waals surface area contributed by atoms with Gasteiger partial charge in [-0.2, -0.15) is 9.97 Å². The van der Waals surface area contributed by atoms with Crippen molar-refractivity contribution in [3.05, 3.63) is 47.0 Å². The maximum atomic E-state index is 11.1. The maximum absolute atomic E-state index is 11.1. The van der Waals surface area contributed by atoms with Crippen LogP contribution in [-0.4, -0.2) is 58.8 Å². The van der Waals surface area contributed by atoms with Crippen molar-refractivity contribution < 1.29 is 20.1 Å². The van der Waals surface area contributed by atoms with Crippen molar-refractivity contribution in [2.45, 2.75) is 24.1 Å². The molecule has 1 aliphatic rings. The fourth-order valence-electron chi connectivity index (χ4n) is 3.03. The molecule has 1 saturated heterocycles. The molecule has 3 heterocycles. The zero-order valence-electron chi connectivity index (χ0n) is 14.4. The summed E-state index contributed by atoms with van der Waals surface area (Å²) >= 11 is 7.47. The number of rotatable bonds is 5. The Morgan fingerprint density at radius 3 is 2.89 bits per heavy atom. The van der Waals surface area contributed by atoms with E-state index in [9.17, 15) is 15.0 Å². The molecular weight excluding hydrogens is 406 g/mol. The molecule has 0 spiro atoms. The number of thioether (sulfide) groups is 1. The van der Waals surface area contributed by atoms with E-state index in [1.165, 1.54) is 24.2 Å². The molecule has 1 aromatic carbocycles. The molecule has 146 valence electrons. The van der Waals surface area contributed by atoms with Gasteiger partial charge in [-0.05, 0) is 29.3 Å². The number of carboxylic acid groups (broad SMARTS) is 1. The van der Waals surface area contributed by atoms with Gasteiger partial charge in [0.05, 0.1) is 18.0 Å². The van der Waals surface area contributed by atoms with Gasteiger partial charge >= 0.3 is 5.97 Å². The fourth-order valence-corrected chi connectivity index (χ4v) is 4.48. The van der Waals surface area contributed by atoms with Crippen LogP contribution in [0.5, 0.6) is 0 Å². The average Bonchev–Trinajstić information content (AvgIpc) is 3.23. The molecule has 11 heteroatoms. The third kappa shape index (κ3) is 3.51. The van der Waals surface area contributed by atoms with Gasteiger partial charge in [0.1, 0.15) is 11.5 Å². The molecule has 4 N–H and O–H groups in total. The monoisotopic (exact) mass is 421 g/mol. The van der Waals surface area contributed by atoms with Crippen LogP contribution < -0.4 is 5.32 Å². The van der Waals surface area contributed by atoms with Crippen molar-refractivity contribution in [2.75, 3.05) is 11.1 Å². The van der Waals surface area contributed by atoms with Gasteiger partial charge in [-0.15, -0.1) is 11.8 Å². The van der Waals surface area contributed by atoms with E-state index < -0.39 is 23.6 Å². The second-order valence-corrected chi connectivity index (χ2v) is 7.79. The topological polar surface area (TPSA) is 133 Å². The lowest BCUT2D eigenvalue weighted by Crippen LogP contribution is -2.27. The normalized spacial score (nSPS) is 21.9. The molecule has 0 saturated carbocycles. The third-order valence-corrected chi connectivity index (χ3v) is 5.98. The summed E-state index contributed by atoms with van der Waals surface area (Å²) in [5, 5.41) is 31.8. The molecule has 0 aliphatic carbocycles. The predicted molar refractivity (Wildman–Crippen MR) is 105 cm³/mol. The van der Waals surface area contributed by atoms with Gasteiger partial charge < -0.3 is 20.6 Å². The van der Waals surface area contributed by atoms with Crippen molar-refractivity contribution in [3.8, 4) is 0 Å². The van der Waals surface area contributed by atoms with E-state index in [4.69, 9.17) is 16.7 Å². The van der Waals surface area contributed by atoms with Crippen LogP contribution in [0.2, 0.25) is 5.28 Å². The summed E-state index contributed by atoms with van der Waals surface area (Å²) < 4.78 is 1.67. The van der Waals surface area contributed by atoms with Crippen molar-refractivity contribution in [2.24, 2.45) is 0 Å². The van der Waals surface area contributed by atoms with Gasteiger partial charge in [-0.1, -0.05) is 12.1 Å². The van der Waals surface area contributed by atoms with E-state index >= 15 is 0 Å². The molecule has 9 nitrogen and oxygen atoms in total. The molecule has 1 aliphatic heterocycles. The molecule has 3 aromatic rings. The number of aromatic nitrogens is 4. The highest BCUT2D eigenvalue weighted by Gasteiger charge is 2.36. The van der Waals surface area contributed by atoms with Crippen molar-refractivity contribution in [3.63, 3.8) is 0 Å². The Morgan fingerprint density at radius 2 is 2.18 bits per heavy atom.